The summed E-state index contributed by atoms with van der Waals surface area (Å²) in [5, 5.41) is 12.3. The molecule has 4 nitrogen and oxygen atoms in total. The number of ketones is 1. The van der Waals surface area contributed by atoms with Crippen LogP contribution in [0.15, 0.2) is 66.8 Å². The van der Waals surface area contributed by atoms with Crippen LogP contribution < -0.4 is 5.32 Å². The molecule has 0 radical (unpaired) electrons. The molecule has 158 valence electrons. The number of nitrogens with one attached hydrogen (secondary N) is 1. The summed E-state index contributed by atoms with van der Waals surface area (Å²) in [6, 6.07) is 9.91. The maximum atomic E-state index is 11.8. The van der Waals surface area contributed by atoms with Crippen molar-refractivity contribution in [2.75, 3.05) is 0 Å². The molecule has 1 atom stereocenters. The quantitative estimate of drug-likeness (QED) is 0.247. The second-order valence-corrected chi connectivity index (χ2v) is 7.10. The highest BCUT2D eigenvalue weighted by atomic mass is 16.3. The first-order valence-corrected chi connectivity index (χ1v) is 10.6. The standard InChI is InChI=1S/C25H35NO3/c1-2-23(27)17-11-6-7-13-19-24(28)18-12-4-3-5-14-20-25(29)26-21-22-15-9-8-10-16-22/h6-11,13,15-17,19,23,27H,2-5,12,14,18,20-21H2,1H3,(H,26,29). The van der Waals surface area contributed by atoms with Crippen molar-refractivity contribution in [3.8, 4) is 0 Å². The lowest BCUT2D eigenvalue weighted by Gasteiger charge is -2.05. The minimum Gasteiger partial charge on any atom is -0.389 e. The molecule has 0 aliphatic rings. The summed E-state index contributed by atoms with van der Waals surface area (Å²) in [6.45, 7) is 2.50. The Morgan fingerprint density at radius 2 is 1.59 bits per heavy atom. The van der Waals surface area contributed by atoms with E-state index >= 15 is 0 Å². The van der Waals surface area contributed by atoms with Gasteiger partial charge in [-0.3, -0.25) is 9.59 Å². The molecule has 0 heterocycles. The minimum atomic E-state index is -0.408. The molecule has 0 spiro atoms. The van der Waals surface area contributed by atoms with Crippen LogP contribution in [0, 0.1) is 0 Å². The number of hydrogen-bond donors (Lipinski definition) is 2. The van der Waals surface area contributed by atoms with Crippen LogP contribution in [0.2, 0.25) is 0 Å². The van der Waals surface area contributed by atoms with Gasteiger partial charge in [-0.05, 0) is 30.9 Å². The van der Waals surface area contributed by atoms with Crippen LogP contribution in [0.25, 0.3) is 0 Å². The Hall–Kier alpha value is -2.46. The molecule has 1 rings (SSSR count). The van der Waals surface area contributed by atoms with E-state index in [2.05, 4.69) is 5.32 Å². The summed E-state index contributed by atoms with van der Waals surface area (Å²) in [7, 11) is 0. The third-order valence-electron chi connectivity index (χ3n) is 4.53. The van der Waals surface area contributed by atoms with E-state index in [0.717, 1.165) is 37.7 Å². The Kier molecular flexibility index (Phi) is 14.0. The number of rotatable bonds is 15. The van der Waals surface area contributed by atoms with Crippen LogP contribution >= 0.6 is 0 Å². The van der Waals surface area contributed by atoms with Crippen LogP contribution in [0.4, 0.5) is 0 Å². The first-order valence-electron chi connectivity index (χ1n) is 10.6. The number of hydrogen-bond acceptors (Lipinski definition) is 3. The van der Waals surface area contributed by atoms with Gasteiger partial charge in [0.05, 0.1) is 6.10 Å². The van der Waals surface area contributed by atoms with E-state index in [9.17, 15) is 14.7 Å². The van der Waals surface area contributed by atoms with E-state index in [1.807, 2.05) is 37.3 Å². The summed E-state index contributed by atoms with van der Waals surface area (Å²) in [6.07, 6.45) is 16.7. The minimum absolute atomic E-state index is 0.0984. The third-order valence-corrected chi connectivity index (χ3v) is 4.53. The summed E-state index contributed by atoms with van der Waals surface area (Å²) in [5.41, 5.74) is 1.11. The number of unbranched alkanes of at least 4 members (excludes halogenated alkanes) is 4. The lowest BCUT2D eigenvalue weighted by Crippen LogP contribution is -2.22. The lowest BCUT2D eigenvalue weighted by molar-refractivity contribution is -0.121. The molecule has 0 aromatic heterocycles. The van der Waals surface area contributed by atoms with Gasteiger partial charge < -0.3 is 10.4 Å². The predicted octanol–water partition coefficient (Wildman–Crippen LogP) is 5.04. The highest BCUT2D eigenvalue weighted by Gasteiger charge is 2.01. The number of benzene rings is 1. The van der Waals surface area contributed by atoms with Gasteiger partial charge in [0, 0.05) is 19.4 Å². The molecule has 29 heavy (non-hydrogen) atoms. The van der Waals surface area contributed by atoms with Gasteiger partial charge in [0.2, 0.25) is 5.91 Å². The molecule has 0 aliphatic carbocycles. The second kappa shape index (κ2) is 16.5. The van der Waals surface area contributed by atoms with E-state index in [1.54, 1.807) is 36.5 Å². The number of carbonyl (C=O) groups is 2. The van der Waals surface area contributed by atoms with E-state index < -0.39 is 6.10 Å². The van der Waals surface area contributed by atoms with E-state index in [1.165, 1.54) is 0 Å². The smallest absolute Gasteiger partial charge is 0.220 e. The number of carbonyl (C=O) groups excluding carboxylic acids is 2. The monoisotopic (exact) mass is 397 g/mol. The summed E-state index contributed by atoms with van der Waals surface area (Å²) < 4.78 is 0. The maximum Gasteiger partial charge on any atom is 0.220 e. The van der Waals surface area contributed by atoms with Crippen molar-refractivity contribution in [1.29, 1.82) is 0 Å². The van der Waals surface area contributed by atoms with Crippen molar-refractivity contribution in [3.05, 3.63) is 72.4 Å². The molecule has 0 bridgehead atoms. The van der Waals surface area contributed by atoms with Crippen molar-refractivity contribution in [2.45, 2.75) is 70.9 Å². The molecule has 1 aromatic rings. The zero-order valence-corrected chi connectivity index (χ0v) is 17.6. The highest BCUT2D eigenvalue weighted by molar-refractivity contribution is 5.89. The van der Waals surface area contributed by atoms with Crippen LogP contribution in [-0.4, -0.2) is 22.9 Å². The van der Waals surface area contributed by atoms with Crippen LogP contribution in [0.3, 0.4) is 0 Å². The van der Waals surface area contributed by atoms with Crippen molar-refractivity contribution in [1.82, 2.24) is 5.32 Å². The summed E-state index contributed by atoms with van der Waals surface area (Å²) in [4.78, 5) is 23.6. The van der Waals surface area contributed by atoms with Gasteiger partial charge in [0.1, 0.15) is 0 Å². The summed E-state index contributed by atoms with van der Waals surface area (Å²) >= 11 is 0. The average molecular weight is 398 g/mol. The largest absolute Gasteiger partial charge is 0.389 e. The number of aliphatic hydroxyl groups excluding tert-OH is 1. The van der Waals surface area contributed by atoms with Crippen LogP contribution in [0.1, 0.15) is 63.9 Å². The van der Waals surface area contributed by atoms with Crippen molar-refractivity contribution in [3.63, 3.8) is 0 Å². The number of aliphatic hydroxyl groups is 1. The topological polar surface area (TPSA) is 66.4 Å². The van der Waals surface area contributed by atoms with Gasteiger partial charge in [0.25, 0.3) is 0 Å². The number of amides is 1. The molecule has 0 fully saturated rings. The van der Waals surface area contributed by atoms with Gasteiger partial charge in [-0.25, -0.2) is 0 Å². The van der Waals surface area contributed by atoms with Crippen LogP contribution in [0.5, 0.6) is 0 Å². The fourth-order valence-corrected chi connectivity index (χ4v) is 2.70. The number of allylic oxidation sites excluding steroid dienone is 5. The Morgan fingerprint density at radius 1 is 0.931 bits per heavy atom. The molecular formula is C25H35NO3. The lowest BCUT2D eigenvalue weighted by atomic mass is 10.1. The zero-order chi connectivity index (χ0) is 21.2. The molecule has 1 aromatic carbocycles. The first kappa shape index (κ1) is 24.6. The Balaban J connectivity index is 1.98. The molecule has 0 aliphatic heterocycles. The molecule has 1 unspecified atom stereocenters. The Morgan fingerprint density at radius 3 is 2.31 bits per heavy atom. The highest BCUT2D eigenvalue weighted by Crippen LogP contribution is 2.08. The van der Waals surface area contributed by atoms with Gasteiger partial charge in [-0.15, -0.1) is 0 Å². The fourth-order valence-electron chi connectivity index (χ4n) is 2.70. The SMILES string of the molecule is CCC(O)C=CC=CC=CC(=O)CCCCCCCC(=O)NCc1ccccc1. The van der Waals surface area contributed by atoms with Crippen molar-refractivity contribution in [2.24, 2.45) is 0 Å². The zero-order valence-electron chi connectivity index (χ0n) is 17.6. The molecule has 2 N–H and O–H groups in total. The molecule has 4 heteroatoms. The Bertz CT molecular complexity index is 662. The van der Waals surface area contributed by atoms with Crippen molar-refractivity contribution >= 4 is 11.7 Å². The average Bonchev–Trinajstić information content (AvgIpc) is 2.74. The summed E-state index contributed by atoms with van der Waals surface area (Å²) in [5.74, 6) is 0.230. The molecule has 1 amide bonds. The van der Waals surface area contributed by atoms with Gasteiger partial charge in [0.15, 0.2) is 5.78 Å². The maximum absolute atomic E-state index is 11.8. The predicted molar refractivity (Wildman–Crippen MR) is 119 cm³/mol. The Labute approximate surface area is 175 Å². The first-order chi connectivity index (χ1) is 14.1. The molecule has 0 saturated heterocycles. The molecule has 0 saturated carbocycles. The van der Waals surface area contributed by atoms with Crippen molar-refractivity contribution < 1.29 is 14.7 Å². The fraction of sp³-hybridized carbons (Fsp3) is 0.440. The van der Waals surface area contributed by atoms with Gasteiger partial charge >= 0.3 is 0 Å². The third kappa shape index (κ3) is 14.2. The van der Waals surface area contributed by atoms with E-state index in [4.69, 9.17) is 0 Å². The normalized spacial score (nSPS) is 12.8. The van der Waals surface area contributed by atoms with Gasteiger partial charge in [-0.1, -0.05) is 86.9 Å². The van der Waals surface area contributed by atoms with Gasteiger partial charge in [-0.2, -0.15) is 0 Å². The second-order valence-electron chi connectivity index (χ2n) is 7.10. The van der Waals surface area contributed by atoms with E-state index in [-0.39, 0.29) is 11.7 Å². The van der Waals surface area contributed by atoms with Crippen LogP contribution in [-0.2, 0) is 16.1 Å². The molecular weight excluding hydrogens is 362 g/mol. The van der Waals surface area contributed by atoms with E-state index in [0.29, 0.717) is 25.8 Å².